The molecule has 4 atom stereocenters. The Hall–Kier alpha value is -2.19. The minimum absolute atomic E-state index is 0.0273. The van der Waals surface area contributed by atoms with Gasteiger partial charge in [-0.2, -0.15) is 0 Å². The molecule has 0 bridgehead atoms. The second-order valence-corrected chi connectivity index (χ2v) is 12.9. The second kappa shape index (κ2) is 12.4. The summed E-state index contributed by atoms with van der Waals surface area (Å²) in [6.45, 7) is 5.99. The fourth-order valence-electron chi connectivity index (χ4n) is 5.02. The van der Waals surface area contributed by atoms with Crippen molar-refractivity contribution >= 4 is 27.6 Å². The van der Waals surface area contributed by atoms with Gasteiger partial charge in [-0.1, -0.05) is 32.1 Å². The third-order valence-electron chi connectivity index (χ3n) is 7.34. The summed E-state index contributed by atoms with van der Waals surface area (Å²) < 4.78 is 44.0. The van der Waals surface area contributed by atoms with Crippen molar-refractivity contribution in [3.8, 4) is 0 Å². The van der Waals surface area contributed by atoms with Gasteiger partial charge in [-0.05, 0) is 74.3 Å². The summed E-state index contributed by atoms with van der Waals surface area (Å²) in [4.78, 5) is 14.5. The number of halogens is 1. The standard InChI is InChI=1S/C28H40FNO5S/c1-19-6-5-7-20(2)28(35-27(32)18-26(31)9-8-19)21(3)14-22-15-23(29)17-25(16-22)30(4)24-10-12-36(33,34)13-11-24/h5,7,14-17,19-20,24,26,28,31H,6,8-13,18H2,1-4H3/b7-5+,21-14+/t19-,20+,26-,28+/m1/s1. The molecule has 0 saturated carbocycles. The number of hydrogen-bond donors (Lipinski definition) is 1. The lowest BCUT2D eigenvalue weighted by molar-refractivity contribution is -0.151. The molecule has 2 heterocycles. The molecule has 2 aliphatic rings. The van der Waals surface area contributed by atoms with Crippen molar-refractivity contribution in [2.45, 2.75) is 77.5 Å². The normalized spacial score (nSPS) is 29.5. The summed E-state index contributed by atoms with van der Waals surface area (Å²) in [5, 5.41) is 10.2. The van der Waals surface area contributed by atoms with E-state index in [2.05, 4.69) is 19.1 Å². The summed E-state index contributed by atoms with van der Waals surface area (Å²) in [6, 6.07) is 4.80. The summed E-state index contributed by atoms with van der Waals surface area (Å²) in [7, 11) is -1.11. The Bertz CT molecular complexity index is 1070. The number of hydrogen-bond acceptors (Lipinski definition) is 6. The van der Waals surface area contributed by atoms with Gasteiger partial charge in [0.25, 0.3) is 0 Å². The van der Waals surface area contributed by atoms with E-state index in [1.165, 1.54) is 12.1 Å². The number of carbonyl (C=O) groups is 1. The van der Waals surface area contributed by atoms with E-state index in [4.69, 9.17) is 4.74 Å². The molecule has 200 valence electrons. The first kappa shape index (κ1) is 28.4. The topological polar surface area (TPSA) is 83.9 Å². The minimum atomic E-state index is -2.98. The molecule has 1 aromatic rings. The zero-order chi connectivity index (χ0) is 26.5. The third kappa shape index (κ3) is 8.17. The van der Waals surface area contributed by atoms with Gasteiger partial charge in [-0.15, -0.1) is 0 Å². The Balaban J connectivity index is 1.84. The summed E-state index contributed by atoms with van der Waals surface area (Å²) in [6.07, 6.45) is 8.04. The maximum absolute atomic E-state index is 14.6. The van der Waals surface area contributed by atoms with Gasteiger partial charge >= 0.3 is 5.97 Å². The van der Waals surface area contributed by atoms with Crippen molar-refractivity contribution in [3.63, 3.8) is 0 Å². The molecule has 36 heavy (non-hydrogen) atoms. The molecule has 6 nitrogen and oxygen atoms in total. The first-order chi connectivity index (χ1) is 16.9. The van der Waals surface area contributed by atoms with Crippen LogP contribution in [-0.4, -0.2) is 56.3 Å². The first-order valence-corrected chi connectivity index (χ1v) is 14.7. The van der Waals surface area contributed by atoms with Gasteiger partial charge in [0.15, 0.2) is 0 Å². The fourth-order valence-corrected chi connectivity index (χ4v) is 6.49. The van der Waals surface area contributed by atoms with Crippen molar-refractivity contribution in [3.05, 3.63) is 47.3 Å². The summed E-state index contributed by atoms with van der Waals surface area (Å²) in [5.41, 5.74) is 2.10. The van der Waals surface area contributed by atoms with Crippen molar-refractivity contribution in [2.24, 2.45) is 11.8 Å². The largest absolute Gasteiger partial charge is 0.457 e. The Labute approximate surface area is 215 Å². The molecule has 0 radical (unpaired) electrons. The van der Waals surface area contributed by atoms with Gasteiger partial charge in [0, 0.05) is 24.7 Å². The number of allylic oxidation sites excluding steroid dienone is 1. The van der Waals surface area contributed by atoms with E-state index >= 15 is 0 Å². The molecule has 2 aliphatic heterocycles. The number of nitrogens with zero attached hydrogens (tertiary/aromatic N) is 1. The molecule has 0 unspecified atom stereocenters. The van der Waals surface area contributed by atoms with Crippen molar-refractivity contribution in [1.82, 2.24) is 0 Å². The number of aliphatic hydroxyl groups is 1. The van der Waals surface area contributed by atoms with Crippen LogP contribution in [0.5, 0.6) is 0 Å². The van der Waals surface area contributed by atoms with Gasteiger partial charge < -0.3 is 14.7 Å². The lowest BCUT2D eigenvalue weighted by Gasteiger charge is -2.33. The molecule has 1 aromatic carbocycles. The van der Waals surface area contributed by atoms with Crippen LogP contribution in [0, 0.1) is 17.7 Å². The average Bonchev–Trinajstić information content (AvgIpc) is 2.79. The van der Waals surface area contributed by atoms with Crippen LogP contribution >= 0.6 is 0 Å². The van der Waals surface area contributed by atoms with Gasteiger partial charge in [-0.3, -0.25) is 4.79 Å². The molecule has 1 N–H and O–H groups in total. The molecule has 1 fully saturated rings. The van der Waals surface area contributed by atoms with Crippen LogP contribution in [0.25, 0.3) is 6.08 Å². The quantitative estimate of drug-likeness (QED) is 0.447. The number of carbonyl (C=O) groups excluding carboxylic acids is 1. The highest BCUT2D eigenvalue weighted by Crippen LogP contribution is 2.28. The lowest BCUT2D eigenvalue weighted by atomic mass is 9.93. The van der Waals surface area contributed by atoms with E-state index in [1.807, 2.05) is 37.9 Å². The molecule has 0 aliphatic carbocycles. The summed E-state index contributed by atoms with van der Waals surface area (Å²) >= 11 is 0. The number of rotatable bonds is 4. The highest BCUT2D eigenvalue weighted by molar-refractivity contribution is 7.91. The average molecular weight is 522 g/mol. The number of ether oxygens (including phenoxy) is 1. The molecule has 0 spiro atoms. The molecule has 0 aromatic heterocycles. The van der Waals surface area contributed by atoms with Crippen LogP contribution in [-0.2, 0) is 19.4 Å². The van der Waals surface area contributed by atoms with E-state index in [0.29, 0.717) is 36.4 Å². The SMILES string of the molecule is C/C(=C\c1cc(F)cc(N(C)C2CCS(=O)(=O)CC2)c1)[C@H]1OC(=O)C[C@H](O)CC[C@H](C)C/C=C/[C@@H]1C. The maximum Gasteiger partial charge on any atom is 0.309 e. The number of anilines is 1. The number of sulfone groups is 1. The van der Waals surface area contributed by atoms with Crippen LogP contribution in [0.2, 0.25) is 0 Å². The Kier molecular flexibility index (Phi) is 9.75. The van der Waals surface area contributed by atoms with E-state index in [9.17, 15) is 22.7 Å². The van der Waals surface area contributed by atoms with E-state index in [-0.39, 0.29) is 35.7 Å². The van der Waals surface area contributed by atoms with Crippen LogP contribution in [0.1, 0.15) is 64.9 Å². The number of benzene rings is 1. The predicted octanol–water partition coefficient (Wildman–Crippen LogP) is 4.92. The van der Waals surface area contributed by atoms with Crippen molar-refractivity contribution < 1.29 is 27.4 Å². The molecule has 8 heteroatoms. The summed E-state index contributed by atoms with van der Waals surface area (Å²) in [5.74, 6) is -0.206. The zero-order valence-electron chi connectivity index (χ0n) is 21.8. The van der Waals surface area contributed by atoms with Crippen LogP contribution < -0.4 is 4.90 Å². The fraction of sp³-hybridized carbons (Fsp3) is 0.607. The van der Waals surface area contributed by atoms with Crippen LogP contribution in [0.3, 0.4) is 0 Å². The Morgan fingerprint density at radius 3 is 2.53 bits per heavy atom. The van der Waals surface area contributed by atoms with E-state index in [1.54, 1.807) is 0 Å². The van der Waals surface area contributed by atoms with Gasteiger partial charge in [-0.25, -0.2) is 12.8 Å². The van der Waals surface area contributed by atoms with Crippen LogP contribution in [0.4, 0.5) is 10.1 Å². The highest BCUT2D eigenvalue weighted by atomic mass is 32.2. The highest BCUT2D eigenvalue weighted by Gasteiger charge is 2.27. The Morgan fingerprint density at radius 1 is 1.14 bits per heavy atom. The van der Waals surface area contributed by atoms with E-state index < -0.39 is 28.0 Å². The van der Waals surface area contributed by atoms with Gasteiger partial charge in [0.2, 0.25) is 0 Å². The second-order valence-electron chi connectivity index (χ2n) is 10.6. The van der Waals surface area contributed by atoms with E-state index in [0.717, 1.165) is 18.4 Å². The third-order valence-corrected chi connectivity index (χ3v) is 9.05. The van der Waals surface area contributed by atoms with Crippen LogP contribution in [0.15, 0.2) is 35.9 Å². The molecule has 1 saturated heterocycles. The first-order valence-electron chi connectivity index (χ1n) is 12.9. The smallest absolute Gasteiger partial charge is 0.309 e. The Morgan fingerprint density at radius 2 is 1.83 bits per heavy atom. The number of esters is 1. The number of aliphatic hydroxyl groups excluding tert-OH is 1. The molecular weight excluding hydrogens is 481 g/mol. The monoisotopic (exact) mass is 521 g/mol. The van der Waals surface area contributed by atoms with Gasteiger partial charge in [0.1, 0.15) is 21.8 Å². The predicted molar refractivity (Wildman–Crippen MR) is 142 cm³/mol. The van der Waals surface area contributed by atoms with Gasteiger partial charge in [0.05, 0.1) is 24.0 Å². The van der Waals surface area contributed by atoms with Crippen molar-refractivity contribution in [2.75, 3.05) is 23.5 Å². The lowest BCUT2D eigenvalue weighted by Crippen LogP contribution is -2.39. The zero-order valence-corrected chi connectivity index (χ0v) is 22.6. The molecule has 0 amide bonds. The molecule has 3 rings (SSSR count). The molecular formula is C28H40FNO5S. The minimum Gasteiger partial charge on any atom is -0.457 e. The van der Waals surface area contributed by atoms with Crippen molar-refractivity contribution in [1.29, 1.82) is 0 Å². The number of cyclic esters (lactones) is 1. The maximum atomic E-state index is 14.6.